The van der Waals surface area contributed by atoms with Crippen molar-refractivity contribution in [2.45, 2.75) is 32.0 Å². The molecule has 0 aliphatic heterocycles. The van der Waals surface area contributed by atoms with Crippen LogP contribution in [0.1, 0.15) is 36.2 Å². The fraction of sp³-hybridized carbons (Fsp3) is 0.500. The molecule has 1 aromatic rings. The maximum absolute atomic E-state index is 13.1. The third kappa shape index (κ3) is 4.77. The summed E-state index contributed by atoms with van der Waals surface area (Å²) < 4.78 is 13.1. The minimum atomic E-state index is -0.386. The van der Waals surface area contributed by atoms with Gasteiger partial charge in [0.1, 0.15) is 5.82 Å². The van der Waals surface area contributed by atoms with Gasteiger partial charge >= 0.3 is 0 Å². The summed E-state index contributed by atoms with van der Waals surface area (Å²) in [5, 5.41) is 2.82. The Balaban J connectivity index is 2.58. The van der Waals surface area contributed by atoms with Crippen molar-refractivity contribution in [3.8, 4) is 0 Å². The molecule has 1 rings (SSSR count). The van der Waals surface area contributed by atoms with E-state index in [4.69, 9.17) is 0 Å². The first-order valence-electron chi connectivity index (χ1n) is 6.08. The van der Waals surface area contributed by atoms with Gasteiger partial charge in [-0.1, -0.05) is 35.8 Å². The molecule has 1 N–H and O–H groups in total. The van der Waals surface area contributed by atoms with Crippen LogP contribution in [0.15, 0.2) is 18.2 Å². The lowest BCUT2D eigenvalue weighted by Crippen LogP contribution is -2.30. The Hall–Kier alpha value is -0.900. The number of benzene rings is 1. The molecule has 0 spiro atoms. The van der Waals surface area contributed by atoms with Gasteiger partial charge in [-0.3, -0.25) is 4.79 Å². The minimum Gasteiger partial charge on any atom is -0.351 e. The van der Waals surface area contributed by atoms with E-state index in [1.165, 1.54) is 12.1 Å². The number of hydrogen-bond donors (Lipinski definition) is 1. The summed E-state index contributed by atoms with van der Waals surface area (Å²) in [6, 6.07) is 4.25. The monoisotopic (exact) mass is 315 g/mol. The van der Waals surface area contributed by atoms with Crippen molar-refractivity contribution in [3.05, 3.63) is 35.1 Å². The summed E-state index contributed by atoms with van der Waals surface area (Å²) in [5.74, 6) is -0.0364. The van der Waals surface area contributed by atoms with Crippen LogP contribution in [0.4, 0.5) is 4.39 Å². The lowest BCUT2D eigenvalue weighted by Gasteiger charge is -2.14. The van der Waals surface area contributed by atoms with Gasteiger partial charge in [0, 0.05) is 16.9 Å². The van der Waals surface area contributed by atoms with Gasteiger partial charge in [0.05, 0.1) is 0 Å². The number of carbonyl (C=O) groups is 1. The van der Waals surface area contributed by atoms with Crippen molar-refractivity contribution in [2.75, 3.05) is 6.54 Å². The van der Waals surface area contributed by atoms with Crippen molar-refractivity contribution in [2.24, 2.45) is 5.92 Å². The Bertz CT molecular complexity index is 420. The lowest BCUT2D eigenvalue weighted by atomic mass is 10.1. The van der Waals surface area contributed by atoms with Gasteiger partial charge < -0.3 is 5.32 Å². The third-order valence-electron chi connectivity index (χ3n) is 2.66. The van der Waals surface area contributed by atoms with Crippen LogP contribution in [0.5, 0.6) is 0 Å². The fourth-order valence-electron chi connectivity index (χ4n) is 1.73. The van der Waals surface area contributed by atoms with Crippen LogP contribution in [0, 0.1) is 18.7 Å². The normalized spacial score (nSPS) is 12.6. The summed E-state index contributed by atoms with van der Waals surface area (Å²) in [5.41, 5.74) is 1.18. The second kappa shape index (κ2) is 6.88. The minimum absolute atomic E-state index is 0.222. The first kappa shape index (κ1) is 15.2. The van der Waals surface area contributed by atoms with Gasteiger partial charge in [-0.15, -0.1) is 0 Å². The summed E-state index contributed by atoms with van der Waals surface area (Å²) >= 11 is 3.52. The number of aryl methyl sites for hydroxylation is 1. The molecule has 0 radical (unpaired) electrons. The molecule has 0 aliphatic carbocycles. The number of rotatable bonds is 5. The van der Waals surface area contributed by atoms with Crippen LogP contribution in [0.25, 0.3) is 0 Å². The van der Waals surface area contributed by atoms with E-state index in [0.717, 1.165) is 12.0 Å². The Kier molecular flexibility index (Phi) is 5.79. The Morgan fingerprint density at radius 3 is 2.72 bits per heavy atom. The summed E-state index contributed by atoms with van der Waals surface area (Å²) in [7, 11) is 0. The lowest BCUT2D eigenvalue weighted by molar-refractivity contribution is 0.0952. The van der Waals surface area contributed by atoms with Crippen molar-refractivity contribution in [1.29, 1.82) is 0 Å². The quantitative estimate of drug-likeness (QED) is 0.825. The van der Waals surface area contributed by atoms with E-state index in [2.05, 4.69) is 35.1 Å². The number of hydrogen-bond acceptors (Lipinski definition) is 1. The van der Waals surface area contributed by atoms with Crippen molar-refractivity contribution < 1.29 is 9.18 Å². The molecule has 0 bridgehead atoms. The molecule has 0 aromatic heterocycles. The van der Waals surface area contributed by atoms with E-state index in [1.54, 1.807) is 13.0 Å². The second-order valence-electron chi connectivity index (χ2n) is 4.90. The molecule has 1 amide bonds. The number of nitrogens with one attached hydrogen (secondary N) is 1. The SMILES string of the molecule is Cc1ccc(F)cc1C(=O)NCC(Br)CC(C)C. The van der Waals surface area contributed by atoms with Crippen molar-refractivity contribution in [1.82, 2.24) is 5.32 Å². The molecule has 4 heteroatoms. The fourth-order valence-corrected chi connectivity index (χ4v) is 2.64. The molecule has 2 nitrogen and oxygen atoms in total. The molecule has 18 heavy (non-hydrogen) atoms. The third-order valence-corrected chi connectivity index (χ3v) is 3.35. The van der Waals surface area contributed by atoms with Crippen LogP contribution < -0.4 is 5.32 Å². The number of halogens is 2. The average Bonchev–Trinajstić information content (AvgIpc) is 2.28. The predicted molar refractivity (Wildman–Crippen MR) is 75.6 cm³/mol. The van der Waals surface area contributed by atoms with Gasteiger partial charge in [0.25, 0.3) is 5.91 Å². The van der Waals surface area contributed by atoms with E-state index in [9.17, 15) is 9.18 Å². The molecule has 0 aliphatic rings. The van der Waals surface area contributed by atoms with Crippen molar-refractivity contribution >= 4 is 21.8 Å². The molecule has 1 atom stereocenters. The number of amides is 1. The van der Waals surface area contributed by atoms with Crippen LogP contribution in [0.3, 0.4) is 0 Å². The van der Waals surface area contributed by atoms with Gasteiger partial charge in [-0.2, -0.15) is 0 Å². The molecular formula is C14H19BrFNO. The Morgan fingerprint density at radius 1 is 1.44 bits per heavy atom. The van der Waals surface area contributed by atoms with E-state index in [0.29, 0.717) is 18.0 Å². The standard InChI is InChI=1S/C14H19BrFNO/c1-9(2)6-11(15)8-17-14(18)13-7-12(16)5-4-10(13)3/h4-5,7,9,11H,6,8H2,1-3H3,(H,17,18). The van der Waals surface area contributed by atoms with E-state index >= 15 is 0 Å². The Morgan fingerprint density at radius 2 is 2.11 bits per heavy atom. The van der Waals surface area contributed by atoms with Crippen LogP contribution in [-0.2, 0) is 0 Å². The van der Waals surface area contributed by atoms with Crippen LogP contribution >= 0.6 is 15.9 Å². The molecule has 0 saturated carbocycles. The van der Waals surface area contributed by atoms with Crippen molar-refractivity contribution in [3.63, 3.8) is 0 Å². The molecule has 0 heterocycles. The molecule has 0 saturated heterocycles. The van der Waals surface area contributed by atoms with E-state index < -0.39 is 0 Å². The van der Waals surface area contributed by atoms with Crippen LogP contribution in [0.2, 0.25) is 0 Å². The molecular weight excluding hydrogens is 297 g/mol. The largest absolute Gasteiger partial charge is 0.351 e. The number of alkyl halides is 1. The topological polar surface area (TPSA) is 29.1 Å². The van der Waals surface area contributed by atoms with E-state index in [1.807, 2.05) is 0 Å². The zero-order valence-electron chi connectivity index (χ0n) is 11.0. The molecule has 1 aromatic carbocycles. The van der Waals surface area contributed by atoms with Crippen LogP contribution in [-0.4, -0.2) is 17.3 Å². The van der Waals surface area contributed by atoms with Gasteiger partial charge in [0.15, 0.2) is 0 Å². The zero-order chi connectivity index (χ0) is 13.7. The zero-order valence-corrected chi connectivity index (χ0v) is 12.6. The smallest absolute Gasteiger partial charge is 0.251 e. The number of carbonyl (C=O) groups excluding carboxylic acids is 1. The maximum atomic E-state index is 13.1. The second-order valence-corrected chi connectivity index (χ2v) is 6.19. The first-order valence-corrected chi connectivity index (χ1v) is 7.00. The maximum Gasteiger partial charge on any atom is 0.251 e. The summed E-state index contributed by atoms with van der Waals surface area (Å²) in [4.78, 5) is 12.2. The van der Waals surface area contributed by atoms with E-state index in [-0.39, 0.29) is 16.6 Å². The average molecular weight is 316 g/mol. The highest BCUT2D eigenvalue weighted by Gasteiger charge is 2.12. The highest BCUT2D eigenvalue weighted by Crippen LogP contribution is 2.13. The Labute approximate surface area is 116 Å². The summed E-state index contributed by atoms with van der Waals surface area (Å²) in [6.45, 7) is 6.61. The molecule has 1 unspecified atom stereocenters. The van der Waals surface area contributed by atoms with Gasteiger partial charge in [-0.05, 0) is 37.0 Å². The molecule has 0 fully saturated rings. The highest BCUT2D eigenvalue weighted by atomic mass is 79.9. The highest BCUT2D eigenvalue weighted by molar-refractivity contribution is 9.09. The molecule has 100 valence electrons. The van der Waals surface area contributed by atoms with Gasteiger partial charge in [0.2, 0.25) is 0 Å². The van der Waals surface area contributed by atoms with Gasteiger partial charge in [-0.25, -0.2) is 4.39 Å². The first-order chi connectivity index (χ1) is 8.40. The summed E-state index contributed by atoms with van der Waals surface area (Å²) in [6.07, 6.45) is 0.989. The predicted octanol–water partition coefficient (Wildman–Crippen LogP) is 3.67.